The standard InChI is InChI=1S/C14H18N2O5S/c1-2-21-14(18)16-12-9-22(19,20)8-11(12)15-13(17)10-6-4-3-5-7-10/h3-7,11-12H,2,8-9H2,1H3,(H,15,17)(H,16,18). The smallest absolute Gasteiger partial charge is 0.407 e. The van der Waals surface area contributed by atoms with Gasteiger partial charge in [0.05, 0.1) is 30.2 Å². The molecule has 2 N–H and O–H groups in total. The molecule has 1 aliphatic heterocycles. The first-order valence-corrected chi connectivity index (χ1v) is 8.73. The van der Waals surface area contributed by atoms with Gasteiger partial charge in [0.2, 0.25) is 0 Å². The largest absolute Gasteiger partial charge is 0.450 e. The van der Waals surface area contributed by atoms with Crippen LogP contribution in [0, 0.1) is 0 Å². The molecule has 0 radical (unpaired) electrons. The van der Waals surface area contributed by atoms with Gasteiger partial charge in [-0.1, -0.05) is 18.2 Å². The quantitative estimate of drug-likeness (QED) is 0.830. The summed E-state index contributed by atoms with van der Waals surface area (Å²) in [7, 11) is -3.32. The van der Waals surface area contributed by atoms with Gasteiger partial charge >= 0.3 is 6.09 Å². The van der Waals surface area contributed by atoms with Crippen molar-refractivity contribution in [3.8, 4) is 0 Å². The van der Waals surface area contributed by atoms with Crippen LogP contribution in [0.3, 0.4) is 0 Å². The minimum absolute atomic E-state index is 0.187. The molecule has 0 spiro atoms. The van der Waals surface area contributed by atoms with Gasteiger partial charge in [0, 0.05) is 5.56 Å². The minimum atomic E-state index is -3.32. The van der Waals surface area contributed by atoms with Gasteiger partial charge < -0.3 is 15.4 Å². The number of ether oxygens (including phenoxy) is 1. The molecule has 0 aromatic heterocycles. The summed E-state index contributed by atoms with van der Waals surface area (Å²) in [6.07, 6.45) is -0.691. The summed E-state index contributed by atoms with van der Waals surface area (Å²) in [4.78, 5) is 23.6. The first kappa shape index (κ1) is 16.3. The van der Waals surface area contributed by atoms with Gasteiger partial charge in [0.25, 0.3) is 5.91 Å². The maximum Gasteiger partial charge on any atom is 0.407 e. The van der Waals surface area contributed by atoms with Crippen LogP contribution < -0.4 is 10.6 Å². The Labute approximate surface area is 129 Å². The van der Waals surface area contributed by atoms with E-state index in [1.165, 1.54) is 0 Å². The molecule has 1 aromatic carbocycles. The molecule has 2 rings (SSSR count). The van der Waals surface area contributed by atoms with Crippen LogP contribution in [0.25, 0.3) is 0 Å². The Balaban J connectivity index is 2.06. The number of amides is 2. The second-order valence-corrected chi connectivity index (χ2v) is 7.15. The molecule has 2 amide bonds. The van der Waals surface area contributed by atoms with Crippen molar-refractivity contribution in [2.24, 2.45) is 0 Å². The molecule has 1 saturated heterocycles. The second kappa shape index (κ2) is 6.78. The Bertz CT molecular complexity index is 644. The zero-order valence-electron chi connectivity index (χ0n) is 12.1. The third kappa shape index (κ3) is 4.20. The number of rotatable bonds is 4. The zero-order chi connectivity index (χ0) is 16.2. The Morgan fingerprint density at radius 3 is 2.32 bits per heavy atom. The summed E-state index contributed by atoms with van der Waals surface area (Å²) in [5, 5.41) is 5.15. The number of alkyl carbamates (subject to hydrolysis) is 1. The first-order chi connectivity index (χ1) is 10.4. The monoisotopic (exact) mass is 326 g/mol. The summed E-state index contributed by atoms with van der Waals surface area (Å²) in [6, 6.07) is 7.10. The normalized spacial score (nSPS) is 22.8. The van der Waals surface area contributed by atoms with Crippen LogP contribution >= 0.6 is 0 Å². The van der Waals surface area contributed by atoms with Gasteiger partial charge in [0.15, 0.2) is 9.84 Å². The van der Waals surface area contributed by atoms with Crippen LogP contribution in [0.1, 0.15) is 17.3 Å². The molecule has 0 bridgehead atoms. The second-order valence-electron chi connectivity index (χ2n) is 4.99. The van der Waals surface area contributed by atoms with E-state index in [1.807, 2.05) is 0 Å². The average molecular weight is 326 g/mol. The third-order valence-electron chi connectivity index (χ3n) is 3.28. The molecule has 1 aromatic rings. The van der Waals surface area contributed by atoms with Gasteiger partial charge in [-0.25, -0.2) is 13.2 Å². The lowest BCUT2D eigenvalue weighted by Gasteiger charge is -2.20. The van der Waals surface area contributed by atoms with E-state index >= 15 is 0 Å². The van der Waals surface area contributed by atoms with Gasteiger partial charge in [0.1, 0.15) is 0 Å². The highest BCUT2D eigenvalue weighted by Gasteiger charge is 2.39. The predicted molar refractivity (Wildman–Crippen MR) is 80.3 cm³/mol. The highest BCUT2D eigenvalue weighted by atomic mass is 32.2. The van der Waals surface area contributed by atoms with Crippen LogP contribution in [0.2, 0.25) is 0 Å². The van der Waals surface area contributed by atoms with E-state index in [0.717, 1.165) is 0 Å². The van der Waals surface area contributed by atoms with Crippen LogP contribution in [0.15, 0.2) is 30.3 Å². The molecule has 0 saturated carbocycles. The van der Waals surface area contributed by atoms with Crippen molar-refractivity contribution in [3.05, 3.63) is 35.9 Å². The maximum absolute atomic E-state index is 12.1. The summed E-state index contributed by atoms with van der Waals surface area (Å²) < 4.78 is 28.3. The topological polar surface area (TPSA) is 102 Å². The fourth-order valence-corrected chi connectivity index (χ4v) is 4.16. The number of hydrogen-bond acceptors (Lipinski definition) is 5. The summed E-state index contributed by atoms with van der Waals surface area (Å²) in [5.41, 5.74) is 0.432. The maximum atomic E-state index is 12.1. The number of sulfone groups is 1. The molecule has 1 fully saturated rings. The minimum Gasteiger partial charge on any atom is -0.450 e. The van der Waals surface area contributed by atoms with Crippen molar-refractivity contribution in [2.45, 2.75) is 19.0 Å². The van der Waals surface area contributed by atoms with Gasteiger partial charge in [-0.15, -0.1) is 0 Å². The van der Waals surface area contributed by atoms with E-state index in [0.29, 0.717) is 5.56 Å². The fourth-order valence-electron chi connectivity index (χ4n) is 2.30. The van der Waals surface area contributed by atoms with E-state index in [-0.39, 0.29) is 24.0 Å². The van der Waals surface area contributed by atoms with Gasteiger partial charge in [-0.3, -0.25) is 4.79 Å². The molecule has 2 atom stereocenters. The lowest BCUT2D eigenvalue weighted by atomic mass is 10.1. The van der Waals surface area contributed by atoms with Crippen molar-refractivity contribution in [2.75, 3.05) is 18.1 Å². The molecular weight excluding hydrogens is 308 g/mol. The molecule has 8 heteroatoms. The third-order valence-corrected chi connectivity index (χ3v) is 5.02. The van der Waals surface area contributed by atoms with Crippen molar-refractivity contribution in [3.63, 3.8) is 0 Å². The molecule has 120 valence electrons. The predicted octanol–water partition coefficient (Wildman–Crippen LogP) is 0.328. The van der Waals surface area contributed by atoms with E-state index in [9.17, 15) is 18.0 Å². The summed E-state index contributed by atoms with van der Waals surface area (Å²) in [6.45, 7) is 1.84. The molecule has 7 nitrogen and oxygen atoms in total. The number of carbonyl (C=O) groups is 2. The summed E-state index contributed by atoms with van der Waals surface area (Å²) >= 11 is 0. The Hall–Kier alpha value is -2.09. The number of hydrogen-bond donors (Lipinski definition) is 2. The Kier molecular flexibility index (Phi) is 5.02. The molecule has 1 aliphatic rings. The SMILES string of the molecule is CCOC(=O)NC1CS(=O)(=O)CC1NC(=O)c1ccccc1. The number of nitrogens with one attached hydrogen (secondary N) is 2. The van der Waals surface area contributed by atoms with Gasteiger partial charge in [-0.2, -0.15) is 0 Å². The Morgan fingerprint density at radius 1 is 1.14 bits per heavy atom. The van der Waals surface area contributed by atoms with Crippen molar-refractivity contribution in [1.29, 1.82) is 0 Å². The van der Waals surface area contributed by atoms with Gasteiger partial charge in [-0.05, 0) is 19.1 Å². The number of benzene rings is 1. The summed E-state index contributed by atoms with van der Waals surface area (Å²) in [5.74, 6) is -0.799. The number of carbonyl (C=O) groups excluding carboxylic acids is 2. The lowest BCUT2D eigenvalue weighted by Crippen LogP contribution is -2.51. The van der Waals surface area contributed by atoms with E-state index in [2.05, 4.69) is 10.6 Å². The van der Waals surface area contributed by atoms with E-state index in [1.54, 1.807) is 37.3 Å². The van der Waals surface area contributed by atoms with E-state index < -0.39 is 28.0 Å². The van der Waals surface area contributed by atoms with E-state index in [4.69, 9.17) is 4.74 Å². The highest BCUT2D eigenvalue weighted by molar-refractivity contribution is 7.91. The Morgan fingerprint density at radius 2 is 1.73 bits per heavy atom. The van der Waals surface area contributed by atoms with Crippen LogP contribution in [-0.2, 0) is 14.6 Å². The van der Waals surface area contributed by atoms with Crippen LogP contribution in [0.5, 0.6) is 0 Å². The first-order valence-electron chi connectivity index (χ1n) is 6.91. The average Bonchev–Trinajstić information content (AvgIpc) is 2.74. The lowest BCUT2D eigenvalue weighted by molar-refractivity contribution is 0.0931. The van der Waals surface area contributed by atoms with Crippen molar-refractivity contribution in [1.82, 2.24) is 10.6 Å². The van der Waals surface area contributed by atoms with Crippen molar-refractivity contribution < 1.29 is 22.7 Å². The fraction of sp³-hybridized carbons (Fsp3) is 0.429. The molecule has 1 heterocycles. The van der Waals surface area contributed by atoms with Crippen LogP contribution in [-0.4, -0.2) is 50.6 Å². The molecule has 22 heavy (non-hydrogen) atoms. The van der Waals surface area contributed by atoms with Crippen LogP contribution in [0.4, 0.5) is 4.79 Å². The molecular formula is C14H18N2O5S. The molecule has 2 unspecified atom stereocenters. The highest BCUT2D eigenvalue weighted by Crippen LogP contribution is 2.14. The molecule has 0 aliphatic carbocycles. The zero-order valence-corrected chi connectivity index (χ0v) is 12.9. The van der Waals surface area contributed by atoms with Crippen molar-refractivity contribution >= 4 is 21.8 Å².